The van der Waals surface area contributed by atoms with Gasteiger partial charge in [0.15, 0.2) is 0 Å². The van der Waals surface area contributed by atoms with Crippen molar-refractivity contribution in [1.29, 1.82) is 0 Å². The Labute approximate surface area is 520 Å². The normalized spacial score (nSPS) is 23.9. The van der Waals surface area contributed by atoms with Crippen LogP contribution in [0.1, 0.15) is 121 Å². The smallest absolute Gasteiger partial charge is 0.380 e. The van der Waals surface area contributed by atoms with Crippen molar-refractivity contribution in [2.45, 2.75) is 130 Å². The van der Waals surface area contributed by atoms with Crippen molar-refractivity contribution in [1.82, 2.24) is 29.6 Å². The second-order valence-corrected chi connectivity index (χ2v) is 30.7. The lowest BCUT2D eigenvalue weighted by molar-refractivity contribution is -0.250. The molecule has 3 N–H and O–H groups in total. The molecule has 12 rings (SSSR count). The number of piperazine rings is 2. The summed E-state index contributed by atoms with van der Waals surface area (Å²) < 4.78 is 127. The highest BCUT2D eigenvalue weighted by molar-refractivity contribution is 7.99. The Morgan fingerprint density at radius 2 is 1.43 bits per heavy atom. The first-order valence-electron chi connectivity index (χ1n) is 30.6. The zero-order valence-corrected chi connectivity index (χ0v) is 52.3. The lowest BCUT2D eigenvalue weighted by Gasteiger charge is -2.72. The van der Waals surface area contributed by atoms with Gasteiger partial charge in [-0.3, -0.25) is 39.1 Å². The van der Waals surface area contributed by atoms with Crippen LogP contribution in [0.3, 0.4) is 0 Å². The Morgan fingerprint density at radius 3 is 2.09 bits per heavy atom. The number of halogens is 5. The van der Waals surface area contributed by atoms with E-state index in [1.807, 2.05) is 41.1 Å². The molecular formula is C64H75F5N8O9S3. The zero-order chi connectivity index (χ0) is 63.3. The van der Waals surface area contributed by atoms with Gasteiger partial charge in [-0.2, -0.15) is 13.2 Å². The largest absolute Gasteiger partial charge is 0.501 e. The van der Waals surface area contributed by atoms with Crippen LogP contribution in [0, 0.1) is 16.2 Å². The summed E-state index contributed by atoms with van der Waals surface area (Å²) in [7, 11) is -11.1. The number of sulfone groups is 1. The molecule has 89 heavy (non-hydrogen) atoms. The molecule has 4 aliphatic heterocycles. The number of hydrogen-bond acceptors (Lipinski definition) is 15. The van der Waals surface area contributed by atoms with Gasteiger partial charge >= 0.3 is 5.51 Å². The van der Waals surface area contributed by atoms with Crippen molar-refractivity contribution in [2.75, 3.05) is 88.0 Å². The summed E-state index contributed by atoms with van der Waals surface area (Å²) in [5.74, 6) is -2.98. The first-order chi connectivity index (χ1) is 42.2. The highest BCUT2D eigenvalue weighted by Crippen LogP contribution is 2.79. The quantitative estimate of drug-likeness (QED) is 0.0208. The van der Waals surface area contributed by atoms with Crippen LogP contribution in [0.2, 0.25) is 0 Å². The number of fused-ring (bicyclic) bond motifs is 1. The number of anilines is 2. The predicted molar refractivity (Wildman–Crippen MR) is 327 cm³/mol. The maximum absolute atomic E-state index is 14.5. The number of unbranched alkanes of at least 4 members (excludes halogenated alkanes) is 1. The predicted octanol–water partition coefficient (Wildman–Crippen LogP) is 9.17. The molecule has 25 heteroatoms. The lowest BCUT2D eigenvalue weighted by atomic mass is 9.32. The number of benzene rings is 4. The second-order valence-electron chi connectivity index (χ2n) is 26.0. The molecule has 2 bridgehead atoms. The number of alkyl halides is 5. The molecule has 2 unspecified atom stereocenters. The van der Waals surface area contributed by atoms with E-state index in [0.29, 0.717) is 76.6 Å². The second kappa shape index (κ2) is 25.4. The van der Waals surface area contributed by atoms with Crippen LogP contribution in [0.15, 0.2) is 117 Å². The first-order valence-corrected chi connectivity index (χ1v) is 34.5. The van der Waals surface area contributed by atoms with Crippen molar-refractivity contribution in [2.24, 2.45) is 16.2 Å². The number of carbonyl (C=O) groups excluding carboxylic acids is 5. The fourth-order valence-corrected chi connectivity index (χ4v) is 17.2. The monoisotopic (exact) mass is 1290 g/mol. The molecule has 4 aromatic rings. The number of rotatable bonds is 23. The van der Waals surface area contributed by atoms with Crippen molar-refractivity contribution >= 4 is 72.5 Å². The van der Waals surface area contributed by atoms with Crippen LogP contribution < -0.4 is 20.3 Å². The van der Waals surface area contributed by atoms with E-state index in [1.54, 1.807) is 24.3 Å². The Morgan fingerprint density at radius 1 is 0.764 bits per heavy atom. The Balaban J connectivity index is 0.681. The van der Waals surface area contributed by atoms with E-state index < -0.39 is 94.3 Å². The summed E-state index contributed by atoms with van der Waals surface area (Å²) in [4.78, 5) is 72.9. The van der Waals surface area contributed by atoms with Crippen molar-refractivity contribution in [3.05, 3.63) is 124 Å². The Hall–Kier alpha value is -6.25. The highest BCUT2D eigenvalue weighted by atomic mass is 32.2. The minimum absolute atomic E-state index is 0.0339. The molecule has 5 amide bonds. The van der Waals surface area contributed by atoms with Gasteiger partial charge < -0.3 is 20.0 Å². The van der Waals surface area contributed by atoms with Gasteiger partial charge in [0.2, 0.25) is 18.2 Å². The van der Waals surface area contributed by atoms with Crippen molar-refractivity contribution in [3.63, 3.8) is 0 Å². The third kappa shape index (κ3) is 13.7. The molecule has 3 saturated heterocycles. The molecule has 478 valence electrons. The SMILES string of the molecule is CC1(C)CCC(CN2CCN(c3ccc(C(=O)NS(=O)(=O)c4ccc(NC(CCN5CCN(CCCCc6ccc7c(c6)C(=O)N(C6CCC(=O)NC6=O)C7=O)CC5)CSc5ccccc5)c(S(=O)(=O)C(F)(F)F)c4)cc3)CC2)=C(C23CC(C(F)F)(C2)C3)C1. The van der Waals surface area contributed by atoms with E-state index >= 15 is 0 Å². The minimum atomic E-state index is -6.15. The van der Waals surface area contributed by atoms with Gasteiger partial charge in [-0.05, 0) is 160 Å². The standard InChI is InChI=1S/C64H75F5N8O9S3/c1-61(2)23-21-44(51(36-61)62-39-63(40-62,41-62)60(65)66)37-75-30-32-76(33-31-75)46-14-12-43(13-15-46)56(79)72-89(85,86)48-16-18-52(54(35-48)88(83,84)64(67,68)69)70-45(38-87-47-9-4-3-5-10-47)22-25-74-28-26-73(27-29-74)24-7-6-8-42-11-17-49-50(34-42)59(82)77(58(49)81)53-19-20-55(78)71-57(53)80/h3-5,9-18,34-35,45,53,60,70H,6-8,19-33,36-41H2,1-2H3,(H,72,79)(H,71,78,80). The van der Waals surface area contributed by atoms with Gasteiger partial charge in [-0.15, -0.1) is 11.8 Å². The van der Waals surface area contributed by atoms with Gasteiger partial charge in [0.05, 0.1) is 21.7 Å². The summed E-state index contributed by atoms with van der Waals surface area (Å²) in [5.41, 5.74) is -2.08. The van der Waals surface area contributed by atoms with Crippen LogP contribution in [0.5, 0.6) is 0 Å². The maximum atomic E-state index is 14.5. The van der Waals surface area contributed by atoms with Crippen LogP contribution >= 0.6 is 11.8 Å². The minimum Gasteiger partial charge on any atom is -0.380 e. The lowest BCUT2D eigenvalue weighted by Crippen LogP contribution is -2.66. The summed E-state index contributed by atoms with van der Waals surface area (Å²) in [6, 6.07) is 21.4. The van der Waals surface area contributed by atoms with E-state index in [2.05, 4.69) is 44.1 Å². The third-order valence-corrected chi connectivity index (χ3v) is 23.3. The third-order valence-electron chi connectivity index (χ3n) is 19.2. The number of thioether (sulfide) groups is 1. The molecule has 0 radical (unpaired) electrons. The molecule has 3 saturated carbocycles. The topological polar surface area (TPSA) is 206 Å². The Bertz CT molecular complexity index is 3630. The van der Waals surface area contributed by atoms with Gasteiger partial charge in [0, 0.05) is 105 Å². The van der Waals surface area contributed by atoms with E-state index in [4.69, 9.17) is 0 Å². The van der Waals surface area contributed by atoms with Crippen LogP contribution in [0.4, 0.5) is 33.3 Å². The number of imide groups is 2. The maximum Gasteiger partial charge on any atom is 0.501 e. The van der Waals surface area contributed by atoms with Gasteiger partial charge in [-0.25, -0.2) is 30.3 Å². The van der Waals surface area contributed by atoms with E-state index in [-0.39, 0.29) is 40.4 Å². The van der Waals surface area contributed by atoms with Gasteiger partial charge in [-0.1, -0.05) is 49.3 Å². The number of sulfonamides is 1. The molecule has 0 aromatic heterocycles. The summed E-state index contributed by atoms with van der Waals surface area (Å²) in [5, 5.41) is 5.24. The van der Waals surface area contributed by atoms with Crippen molar-refractivity contribution in [3.8, 4) is 0 Å². The van der Waals surface area contributed by atoms with Crippen LogP contribution in [-0.2, 0) is 35.9 Å². The molecule has 4 aromatic carbocycles. The fraction of sp³-hybridized carbons (Fsp3) is 0.516. The zero-order valence-electron chi connectivity index (χ0n) is 49.9. The molecule has 0 spiro atoms. The van der Waals surface area contributed by atoms with E-state index in [9.17, 15) is 62.8 Å². The Kier molecular flexibility index (Phi) is 18.4. The number of amides is 5. The molecule has 4 aliphatic carbocycles. The van der Waals surface area contributed by atoms with E-state index in [0.717, 1.165) is 105 Å². The summed E-state index contributed by atoms with van der Waals surface area (Å²) >= 11 is 1.42. The summed E-state index contributed by atoms with van der Waals surface area (Å²) in [6.07, 6.45) is 5.23. The van der Waals surface area contributed by atoms with Gasteiger partial charge in [0.1, 0.15) is 10.9 Å². The molecule has 17 nitrogen and oxygen atoms in total. The first kappa shape index (κ1) is 64.3. The summed E-state index contributed by atoms with van der Waals surface area (Å²) in [6.45, 7) is 12.4. The fourth-order valence-electron chi connectivity index (χ4n) is 14.2. The highest BCUT2D eigenvalue weighted by Gasteiger charge is 2.73. The van der Waals surface area contributed by atoms with Crippen molar-refractivity contribution < 1.29 is 62.8 Å². The molecular weight excluding hydrogens is 1220 g/mol. The number of nitrogens with zero attached hydrogens (tertiary/aromatic N) is 5. The number of carbonyl (C=O) groups is 5. The van der Waals surface area contributed by atoms with E-state index in [1.165, 1.54) is 35.0 Å². The number of nitrogens with one attached hydrogen (secondary N) is 3. The molecule has 8 aliphatic rings. The molecule has 6 fully saturated rings. The number of hydrogen-bond donors (Lipinski definition) is 3. The number of allylic oxidation sites excluding steroid dienone is 1. The van der Waals surface area contributed by atoms with Crippen LogP contribution in [-0.4, -0.2) is 168 Å². The van der Waals surface area contributed by atoms with Crippen LogP contribution in [0.25, 0.3) is 0 Å². The average Bonchev–Trinajstić information content (AvgIpc) is 1.11. The average molecular weight is 1290 g/mol. The molecule has 2 atom stereocenters. The number of aryl methyl sites for hydroxylation is 1. The number of piperidine rings is 1. The van der Waals surface area contributed by atoms with Gasteiger partial charge in [0.25, 0.3) is 37.6 Å². The molecule has 4 heterocycles.